The number of rotatable bonds is 5. The number of carbonyl (C=O) groups excluding carboxylic acids is 1. The molecular weight excluding hydrogens is 352 g/mol. The lowest BCUT2D eigenvalue weighted by atomic mass is 10.0. The summed E-state index contributed by atoms with van der Waals surface area (Å²) in [5.74, 6) is -0.336. The fraction of sp³-hybridized carbons (Fsp3) is 0.368. The highest BCUT2D eigenvalue weighted by Gasteiger charge is 2.29. The molecule has 136 valence electrons. The number of nitriles is 1. The van der Waals surface area contributed by atoms with Crippen molar-refractivity contribution in [3.8, 4) is 6.07 Å². The molecule has 6 nitrogen and oxygen atoms in total. The van der Waals surface area contributed by atoms with Gasteiger partial charge in [-0.15, -0.1) is 0 Å². The number of halogens is 1. The number of aryl methyl sites for hydroxylation is 1. The predicted octanol–water partition coefficient (Wildman–Crippen LogP) is 2.53. The topological polar surface area (TPSA) is 89.9 Å². The number of amides is 1. The molecule has 26 heavy (non-hydrogen) atoms. The van der Waals surface area contributed by atoms with Gasteiger partial charge in [-0.3, -0.25) is 4.79 Å². The molecule has 1 aliphatic heterocycles. The van der Waals surface area contributed by atoms with Gasteiger partial charge < -0.3 is 20.4 Å². The predicted molar refractivity (Wildman–Crippen MR) is 99.0 cm³/mol. The van der Waals surface area contributed by atoms with Crippen LogP contribution in [0.25, 0.3) is 0 Å². The standard InChI is InChI=1S/C19H21ClN4O2/c1-12-17(20)14(9-21)18(23-12)19(25)24-15-7-8-22-10-16(15)26-11-13-5-3-2-4-6-13/h2-6,15-16,22-23H,7-8,10-11H2,1H3,(H,24,25)/t15-,16+/m1/s1. The van der Waals surface area contributed by atoms with Crippen LogP contribution in [0.2, 0.25) is 5.02 Å². The summed E-state index contributed by atoms with van der Waals surface area (Å²) in [5, 5.41) is 15.8. The van der Waals surface area contributed by atoms with E-state index in [4.69, 9.17) is 16.3 Å². The van der Waals surface area contributed by atoms with Crippen molar-refractivity contribution in [3.63, 3.8) is 0 Å². The van der Waals surface area contributed by atoms with Crippen molar-refractivity contribution in [2.75, 3.05) is 13.1 Å². The van der Waals surface area contributed by atoms with Crippen LogP contribution in [0.15, 0.2) is 30.3 Å². The van der Waals surface area contributed by atoms with Gasteiger partial charge in [0.2, 0.25) is 0 Å². The first kappa shape index (κ1) is 18.5. The molecule has 0 aliphatic carbocycles. The van der Waals surface area contributed by atoms with Crippen molar-refractivity contribution in [1.82, 2.24) is 15.6 Å². The van der Waals surface area contributed by atoms with Crippen LogP contribution in [0, 0.1) is 18.3 Å². The summed E-state index contributed by atoms with van der Waals surface area (Å²) in [4.78, 5) is 15.6. The number of nitrogens with zero attached hydrogens (tertiary/aromatic N) is 1. The summed E-state index contributed by atoms with van der Waals surface area (Å²) in [7, 11) is 0. The number of hydrogen-bond donors (Lipinski definition) is 3. The van der Waals surface area contributed by atoms with E-state index in [0.717, 1.165) is 18.5 Å². The number of hydrogen-bond acceptors (Lipinski definition) is 4. The van der Waals surface area contributed by atoms with Gasteiger partial charge in [-0.1, -0.05) is 41.9 Å². The van der Waals surface area contributed by atoms with E-state index in [9.17, 15) is 10.1 Å². The minimum atomic E-state index is -0.336. The quantitative estimate of drug-likeness (QED) is 0.752. The molecule has 0 spiro atoms. The monoisotopic (exact) mass is 372 g/mol. The summed E-state index contributed by atoms with van der Waals surface area (Å²) >= 11 is 6.08. The number of ether oxygens (including phenoxy) is 1. The van der Waals surface area contributed by atoms with Crippen LogP contribution in [0.1, 0.15) is 33.7 Å². The molecule has 3 N–H and O–H groups in total. The molecule has 0 bridgehead atoms. The second kappa shape index (κ2) is 8.37. The highest BCUT2D eigenvalue weighted by molar-refractivity contribution is 6.33. The van der Waals surface area contributed by atoms with Crippen molar-refractivity contribution < 1.29 is 9.53 Å². The summed E-state index contributed by atoms with van der Waals surface area (Å²) in [6.07, 6.45) is 0.602. The molecule has 0 saturated carbocycles. The van der Waals surface area contributed by atoms with Crippen molar-refractivity contribution in [2.45, 2.75) is 32.1 Å². The molecule has 2 atom stereocenters. The lowest BCUT2D eigenvalue weighted by Gasteiger charge is -2.32. The molecule has 1 fully saturated rings. The Morgan fingerprint density at radius 2 is 2.19 bits per heavy atom. The van der Waals surface area contributed by atoms with E-state index in [1.54, 1.807) is 6.92 Å². The van der Waals surface area contributed by atoms with Crippen LogP contribution in [0.5, 0.6) is 0 Å². The minimum Gasteiger partial charge on any atom is -0.370 e. The molecule has 3 rings (SSSR count). The van der Waals surface area contributed by atoms with Gasteiger partial charge in [0.25, 0.3) is 5.91 Å². The smallest absolute Gasteiger partial charge is 0.269 e. The zero-order valence-electron chi connectivity index (χ0n) is 14.5. The van der Waals surface area contributed by atoms with Crippen molar-refractivity contribution in [2.24, 2.45) is 0 Å². The Hall–Kier alpha value is -2.33. The SMILES string of the molecule is Cc1[nH]c(C(=O)N[C@@H]2CCNC[C@@H]2OCc2ccccc2)c(C#N)c1Cl. The number of aromatic nitrogens is 1. The number of H-pyrrole nitrogens is 1. The third kappa shape index (κ3) is 4.07. The first-order chi connectivity index (χ1) is 12.6. The molecule has 0 radical (unpaired) electrons. The number of carbonyl (C=O) groups is 1. The van der Waals surface area contributed by atoms with E-state index < -0.39 is 0 Å². The molecular formula is C19H21ClN4O2. The van der Waals surface area contributed by atoms with Gasteiger partial charge in [0.1, 0.15) is 17.3 Å². The third-order valence-electron chi connectivity index (χ3n) is 4.50. The molecule has 0 unspecified atom stereocenters. The second-order valence-corrected chi connectivity index (χ2v) is 6.71. The Bertz CT molecular complexity index is 813. The Morgan fingerprint density at radius 1 is 1.42 bits per heavy atom. The Kier molecular flexibility index (Phi) is 5.94. The van der Waals surface area contributed by atoms with Gasteiger partial charge in [0.15, 0.2) is 0 Å². The summed E-state index contributed by atoms with van der Waals surface area (Å²) in [5.41, 5.74) is 2.07. The molecule has 2 aromatic rings. The average Bonchev–Trinajstić information content (AvgIpc) is 2.96. The zero-order chi connectivity index (χ0) is 18.5. The van der Waals surface area contributed by atoms with E-state index in [0.29, 0.717) is 23.9 Å². The zero-order valence-corrected chi connectivity index (χ0v) is 15.3. The van der Waals surface area contributed by atoms with Gasteiger partial charge in [0, 0.05) is 12.2 Å². The number of nitrogens with one attached hydrogen (secondary N) is 3. The van der Waals surface area contributed by atoms with Gasteiger partial charge in [-0.2, -0.15) is 5.26 Å². The number of piperidine rings is 1. The van der Waals surface area contributed by atoms with Gasteiger partial charge in [-0.25, -0.2) is 0 Å². The maximum absolute atomic E-state index is 12.6. The molecule has 2 heterocycles. The Labute approximate surface area is 157 Å². The van der Waals surface area contributed by atoms with Crippen LogP contribution in [0.3, 0.4) is 0 Å². The van der Waals surface area contributed by atoms with Crippen LogP contribution in [-0.4, -0.2) is 36.1 Å². The second-order valence-electron chi connectivity index (χ2n) is 6.33. The Balaban J connectivity index is 1.67. The molecule has 1 aliphatic rings. The Morgan fingerprint density at radius 3 is 2.92 bits per heavy atom. The lowest BCUT2D eigenvalue weighted by Crippen LogP contribution is -2.53. The lowest BCUT2D eigenvalue weighted by molar-refractivity contribution is 0.00357. The summed E-state index contributed by atoms with van der Waals surface area (Å²) < 4.78 is 6.03. The number of benzene rings is 1. The van der Waals surface area contributed by atoms with E-state index >= 15 is 0 Å². The molecule has 1 aromatic carbocycles. The normalized spacial score (nSPS) is 19.7. The third-order valence-corrected chi connectivity index (χ3v) is 4.97. The van der Waals surface area contributed by atoms with Gasteiger partial charge in [0.05, 0.1) is 23.8 Å². The highest BCUT2D eigenvalue weighted by Crippen LogP contribution is 2.23. The summed E-state index contributed by atoms with van der Waals surface area (Å²) in [6.45, 7) is 3.67. The van der Waals surface area contributed by atoms with Crippen LogP contribution in [0.4, 0.5) is 0 Å². The minimum absolute atomic E-state index is 0.138. The molecule has 1 amide bonds. The van der Waals surface area contributed by atoms with Crippen molar-refractivity contribution in [3.05, 3.63) is 57.9 Å². The van der Waals surface area contributed by atoms with Gasteiger partial charge >= 0.3 is 0 Å². The van der Waals surface area contributed by atoms with E-state index in [2.05, 4.69) is 15.6 Å². The first-order valence-corrected chi connectivity index (χ1v) is 8.93. The van der Waals surface area contributed by atoms with E-state index in [-0.39, 0.29) is 29.3 Å². The molecule has 1 saturated heterocycles. The van der Waals surface area contributed by atoms with E-state index in [1.165, 1.54) is 0 Å². The van der Waals surface area contributed by atoms with Crippen molar-refractivity contribution in [1.29, 1.82) is 5.26 Å². The molecule has 1 aromatic heterocycles. The largest absolute Gasteiger partial charge is 0.370 e. The first-order valence-electron chi connectivity index (χ1n) is 8.55. The highest BCUT2D eigenvalue weighted by atomic mass is 35.5. The van der Waals surface area contributed by atoms with Crippen LogP contribution < -0.4 is 10.6 Å². The maximum atomic E-state index is 12.6. The van der Waals surface area contributed by atoms with E-state index in [1.807, 2.05) is 36.4 Å². The fourth-order valence-corrected chi connectivity index (χ4v) is 3.25. The average molecular weight is 373 g/mol. The van der Waals surface area contributed by atoms with Crippen LogP contribution >= 0.6 is 11.6 Å². The molecule has 7 heteroatoms. The van der Waals surface area contributed by atoms with Crippen molar-refractivity contribution >= 4 is 17.5 Å². The van der Waals surface area contributed by atoms with Gasteiger partial charge in [-0.05, 0) is 25.5 Å². The fourth-order valence-electron chi connectivity index (χ4n) is 3.07. The number of aromatic amines is 1. The maximum Gasteiger partial charge on any atom is 0.269 e. The summed E-state index contributed by atoms with van der Waals surface area (Å²) in [6, 6.07) is 11.8. The van der Waals surface area contributed by atoms with Crippen LogP contribution in [-0.2, 0) is 11.3 Å².